The summed E-state index contributed by atoms with van der Waals surface area (Å²) >= 11 is 1.65. The van der Waals surface area contributed by atoms with Gasteiger partial charge in [0.2, 0.25) is 0 Å². The van der Waals surface area contributed by atoms with Crippen LogP contribution in [0.25, 0.3) is 0 Å². The quantitative estimate of drug-likeness (QED) is 0.682. The molecule has 0 aromatic carbocycles. The molecular weight excluding hydrogens is 158 g/mol. The van der Waals surface area contributed by atoms with Crippen LogP contribution in [0.15, 0.2) is 34.4 Å². The fourth-order valence-corrected chi connectivity index (χ4v) is 1.53. The summed E-state index contributed by atoms with van der Waals surface area (Å²) in [6.07, 6.45) is 4.30. The lowest BCUT2D eigenvalue weighted by Crippen LogP contribution is -1.81. The van der Waals surface area contributed by atoms with Crippen LogP contribution in [0.2, 0.25) is 0 Å². The van der Waals surface area contributed by atoms with E-state index in [0.29, 0.717) is 0 Å². The Morgan fingerprint density at radius 3 is 3.18 bits per heavy atom. The summed E-state index contributed by atoms with van der Waals surface area (Å²) in [4.78, 5) is 4.15. The van der Waals surface area contributed by atoms with Gasteiger partial charge < -0.3 is 4.42 Å². The number of hydrogen-bond acceptors (Lipinski definition) is 3. The average Bonchev–Trinajstić information content (AvgIpc) is 2.60. The monoisotopic (exact) mass is 165 g/mol. The highest BCUT2D eigenvalue weighted by Crippen LogP contribution is 2.11. The zero-order valence-corrected chi connectivity index (χ0v) is 6.67. The van der Waals surface area contributed by atoms with Crippen molar-refractivity contribution in [3.8, 4) is 0 Å². The zero-order chi connectivity index (χ0) is 7.52. The van der Waals surface area contributed by atoms with Gasteiger partial charge in [-0.1, -0.05) is 0 Å². The second-order valence-corrected chi connectivity index (χ2v) is 3.16. The Bertz CT molecular complexity index is 266. The number of rotatable bonds is 2. The van der Waals surface area contributed by atoms with E-state index in [1.165, 1.54) is 0 Å². The van der Waals surface area contributed by atoms with E-state index in [1.54, 1.807) is 17.6 Å². The molecule has 0 amide bonds. The predicted molar refractivity (Wildman–Crippen MR) is 43.6 cm³/mol. The summed E-state index contributed by atoms with van der Waals surface area (Å²) in [5.74, 6) is 0.972. The third-order valence-electron chi connectivity index (χ3n) is 1.39. The van der Waals surface area contributed by atoms with E-state index in [4.69, 9.17) is 4.42 Å². The van der Waals surface area contributed by atoms with Gasteiger partial charge in [-0.15, -0.1) is 11.3 Å². The Hall–Kier alpha value is -1.09. The maximum absolute atomic E-state index is 5.17. The molecule has 0 radical (unpaired) electrons. The fraction of sp³-hybridized carbons (Fsp3) is 0.125. The van der Waals surface area contributed by atoms with Gasteiger partial charge in [-0.05, 0) is 12.1 Å². The number of hydrogen-bond donors (Lipinski definition) is 0. The lowest BCUT2D eigenvalue weighted by molar-refractivity contribution is 0.520. The number of furan rings is 1. The first-order chi connectivity index (χ1) is 5.45. The summed E-state index contributed by atoms with van der Waals surface area (Å²) in [5, 5.41) is 3.07. The normalized spacial score (nSPS) is 10.2. The van der Waals surface area contributed by atoms with Crippen LogP contribution >= 0.6 is 11.3 Å². The molecule has 0 bridgehead atoms. The van der Waals surface area contributed by atoms with Crippen molar-refractivity contribution in [1.29, 1.82) is 0 Å². The van der Waals surface area contributed by atoms with Crippen LogP contribution in [0.4, 0.5) is 0 Å². The molecule has 0 saturated carbocycles. The molecule has 56 valence electrons. The van der Waals surface area contributed by atoms with Crippen molar-refractivity contribution in [1.82, 2.24) is 4.98 Å². The second kappa shape index (κ2) is 2.88. The Balaban J connectivity index is 2.14. The van der Waals surface area contributed by atoms with Gasteiger partial charge in [0.05, 0.1) is 17.7 Å². The predicted octanol–water partition coefficient (Wildman–Crippen LogP) is 2.33. The molecule has 11 heavy (non-hydrogen) atoms. The Kier molecular flexibility index (Phi) is 1.73. The third-order valence-corrected chi connectivity index (χ3v) is 2.17. The van der Waals surface area contributed by atoms with Gasteiger partial charge in [-0.25, -0.2) is 4.98 Å². The van der Waals surface area contributed by atoms with Crippen LogP contribution in [0.1, 0.15) is 10.8 Å². The first-order valence-electron chi connectivity index (χ1n) is 3.36. The van der Waals surface area contributed by atoms with Crippen LogP contribution in [0, 0.1) is 0 Å². The molecule has 0 aliphatic carbocycles. The maximum atomic E-state index is 5.17. The van der Waals surface area contributed by atoms with E-state index in [0.717, 1.165) is 17.2 Å². The van der Waals surface area contributed by atoms with E-state index in [2.05, 4.69) is 4.98 Å². The molecule has 2 aromatic heterocycles. The summed E-state index contributed by atoms with van der Waals surface area (Å²) in [6, 6.07) is 3.85. The van der Waals surface area contributed by atoms with Crippen molar-refractivity contribution in [2.45, 2.75) is 6.42 Å². The van der Waals surface area contributed by atoms with Crippen molar-refractivity contribution < 1.29 is 4.42 Å². The maximum Gasteiger partial charge on any atom is 0.110 e. The molecule has 2 aromatic rings. The molecule has 3 heteroatoms. The number of aromatic nitrogens is 1. The topological polar surface area (TPSA) is 26.0 Å². The van der Waals surface area contributed by atoms with E-state index in [9.17, 15) is 0 Å². The van der Waals surface area contributed by atoms with E-state index >= 15 is 0 Å². The summed E-state index contributed by atoms with van der Waals surface area (Å²) < 4.78 is 5.17. The van der Waals surface area contributed by atoms with Crippen molar-refractivity contribution in [3.05, 3.63) is 40.7 Å². The van der Waals surface area contributed by atoms with Gasteiger partial charge in [-0.2, -0.15) is 0 Å². The first kappa shape index (κ1) is 6.61. The van der Waals surface area contributed by atoms with Crippen LogP contribution in [-0.2, 0) is 6.42 Å². The first-order valence-corrected chi connectivity index (χ1v) is 4.24. The molecule has 2 rings (SSSR count). The Labute approximate surface area is 68.5 Å². The third kappa shape index (κ3) is 1.49. The van der Waals surface area contributed by atoms with Crippen molar-refractivity contribution in [2.75, 3.05) is 0 Å². The van der Waals surface area contributed by atoms with Gasteiger partial charge in [0.15, 0.2) is 0 Å². The molecule has 0 aliphatic heterocycles. The molecule has 2 nitrogen and oxygen atoms in total. The number of thiazole rings is 1. The molecule has 0 fully saturated rings. The lowest BCUT2D eigenvalue weighted by atomic mass is 10.3. The van der Waals surface area contributed by atoms with Crippen LogP contribution < -0.4 is 0 Å². The fourth-order valence-electron chi connectivity index (χ4n) is 0.902. The standard InChI is InChI=1S/C8H7NOS/c1-2-7(10-4-1)6-8-9-3-5-11-8/h1-5H,6H2. The smallest absolute Gasteiger partial charge is 0.110 e. The van der Waals surface area contributed by atoms with Gasteiger partial charge in [0, 0.05) is 11.6 Å². The molecule has 0 aliphatic rings. The Morgan fingerprint density at radius 1 is 1.55 bits per heavy atom. The summed E-state index contributed by atoms with van der Waals surface area (Å²) in [5.41, 5.74) is 0. The minimum absolute atomic E-state index is 0.810. The number of nitrogens with zero attached hydrogens (tertiary/aromatic N) is 1. The van der Waals surface area contributed by atoms with Gasteiger partial charge in [0.25, 0.3) is 0 Å². The SMILES string of the molecule is c1coc(Cc2nccs2)c1. The van der Waals surface area contributed by atoms with Crippen LogP contribution in [0.5, 0.6) is 0 Å². The molecule has 0 N–H and O–H groups in total. The highest BCUT2D eigenvalue weighted by Gasteiger charge is 1.99. The molecule has 0 atom stereocenters. The summed E-state index contributed by atoms with van der Waals surface area (Å²) in [7, 11) is 0. The van der Waals surface area contributed by atoms with Crippen LogP contribution in [-0.4, -0.2) is 4.98 Å². The Morgan fingerprint density at radius 2 is 2.55 bits per heavy atom. The summed E-state index contributed by atoms with van der Waals surface area (Å²) in [6.45, 7) is 0. The second-order valence-electron chi connectivity index (χ2n) is 2.18. The average molecular weight is 165 g/mol. The molecule has 0 saturated heterocycles. The molecule has 0 spiro atoms. The lowest BCUT2D eigenvalue weighted by Gasteiger charge is -1.88. The minimum atomic E-state index is 0.810. The van der Waals surface area contributed by atoms with Crippen molar-refractivity contribution in [2.24, 2.45) is 0 Å². The van der Waals surface area contributed by atoms with Crippen molar-refractivity contribution in [3.63, 3.8) is 0 Å². The van der Waals surface area contributed by atoms with Gasteiger partial charge in [0.1, 0.15) is 5.76 Å². The van der Waals surface area contributed by atoms with Gasteiger partial charge in [-0.3, -0.25) is 0 Å². The molecule has 0 unspecified atom stereocenters. The van der Waals surface area contributed by atoms with Crippen LogP contribution in [0.3, 0.4) is 0 Å². The van der Waals surface area contributed by atoms with Gasteiger partial charge >= 0.3 is 0 Å². The highest BCUT2D eigenvalue weighted by molar-refractivity contribution is 7.09. The largest absolute Gasteiger partial charge is 0.469 e. The zero-order valence-electron chi connectivity index (χ0n) is 5.86. The molecular formula is C8H7NOS. The minimum Gasteiger partial charge on any atom is -0.469 e. The van der Waals surface area contributed by atoms with E-state index < -0.39 is 0 Å². The van der Waals surface area contributed by atoms with E-state index in [1.807, 2.05) is 23.7 Å². The van der Waals surface area contributed by atoms with Crippen molar-refractivity contribution >= 4 is 11.3 Å². The van der Waals surface area contributed by atoms with E-state index in [-0.39, 0.29) is 0 Å². The molecule has 2 heterocycles. The highest BCUT2D eigenvalue weighted by atomic mass is 32.1.